The van der Waals surface area contributed by atoms with Crippen molar-refractivity contribution in [3.05, 3.63) is 173 Å². The number of methoxy groups -OCH3 is 2. The van der Waals surface area contributed by atoms with Crippen LogP contribution in [0.25, 0.3) is 44.6 Å². The van der Waals surface area contributed by atoms with Crippen LogP contribution < -0.4 is 52.5 Å². The Bertz CT molecular complexity index is 5470. The number of aromatic nitrogens is 4. The number of anilines is 2. The number of esters is 2. The van der Waals surface area contributed by atoms with E-state index in [2.05, 4.69) is 55.8 Å². The fraction of sp³-hybridized carbons (Fsp3) is 0.462. The van der Waals surface area contributed by atoms with E-state index in [-0.39, 0.29) is 125 Å². The number of amides is 7. The van der Waals surface area contributed by atoms with Gasteiger partial charge in [-0.2, -0.15) is 0 Å². The predicted molar refractivity (Wildman–Crippen MR) is 460 cm³/mol. The molecular formula is C91H109F2N15O18+2. The highest BCUT2D eigenvalue weighted by Gasteiger charge is 2.48. The number of nitrogens with zero attached hydrogens (tertiary/aromatic N) is 9. The Morgan fingerprint density at radius 1 is 0.556 bits per heavy atom. The van der Waals surface area contributed by atoms with Gasteiger partial charge < -0.3 is 88.8 Å². The molecule has 0 aliphatic carbocycles. The quantitative estimate of drug-likeness (QED) is 0.0139. The Morgan fingerprint density at radius 3 is 1.29 bits per heavy atom. The van der Waals surface area contributed by atoms with Crippen molar-refractivity contribution in [3.8, 4) is 34.3 Å². The van der Waals surface area contributed by atoms with E-state index in [4.69, 9.17) is 33.7 Å². The number of piperazine rings is 2. The first kappa shape index (κ1) is 90.1. The third-order valence-corrected chi connectivity index (χ3v) is 25.1. The SMILES string of the molecule is CC[C@@]1(O)C(=O)OCc2c1cc1n(c2=O)Cc2c-1nc1cc(F)c(OC)cc1c2CN1CC[N+](C)(Cc2ccc(NC(=O)[C@H](C)NC(=O)CCC(=O)NCCN(CCNC(=O)CCC(=O)N[C@H](C)C(=O)Nc3ccc(C[N+]4(C)CCN(Cc5c6c(nc7cc(F)c(OC)cc57)-c5cc7c(c(=O)n5C6)COC(=O)[C@]7(O)CC)CC4)cc3)C(=O)OC(C)(C)C)cc2)CC1. The Morgan fingerprint density at radius 2 is 0.929 bits per heavy atom. The molecule has 6 aliphatic heterocycles. The van der Waals surface area contributed by atoms with Gasteiger partial charge in [-0.05, 0) is 107 Å². The molecule has 6 aliphatic rings. The van der Waals surface area contributed by atoms with Crippen molar-refractivity contribution in [2.24, 2.45) is 0 Å². The van der Waals surface area contributed by atoms with Gasteiger partial charge in [0.05, 0.1) is 113 Å². The number of hydrogen-bond acceptors (Lipinski definition) is 22. The average Bonchev–Trinajstić information content (AvgIpc) is 1.54. The molecule has 0 saturated carbocycles. The minimum Gasteiger partial charge on any atom is -0.494 e. The van der Waals surface area contributed by atoms with Gasteiger partial charge in [0, 0.05) is 159 Å². The molecule has 2 saturated heterocycles. The lowest BCUT2D eigenvalue weighted by Gasteiger charge is -2.42. The van der Waals surface area contributed by atoms with Crippen molar-refractivity contribution in [2.45, 2.75) is 168 Å². The van der Waals surface area contributed by atoms with Gasteiger partial charge in [0.2, 0.25) is 35.4 Å². The molecule has 35 heteroatoms. The normalized spacial score (nSPS) is 18.4. The van der Waals surface area contributed by atoms with E-state index in [1.54, 1.807) is 92.3 Å². The fourth-order valence-electron chi connectivity index (χ4n) is 17.5. The first-order valence-corrected chi connectivity index (χ1v) is 42.6. The molecule has 8 N–H and O–H groups in total. The summed E-state index contributed by atoms with van der Waals surface area (Å²) in [6.45, 7) is 19.3. The fourth-order valence-corrected chi connectivity index (χ4v) is 17.5. The van der Waals surface area contributed by atoms with Crippen molar-refractivity contribution >= 4 is 86.7 Å². The Balaban J connectivity index is 0.479. The molecule has 10 heterocycles. The van der Waals surface area contributed by atoms with Crippen LogP contribution in [0.15, 0.2) is 94.5 Å². The number of quaternary nitrogens is 2. The number of hydrogen-bond donors (Lipinski definition) is 8. The van der Waals surface area contributed by atoms with Crippen molar-refractivity contribution in [3.63, 3.8) is 0 Å². The van der Waals surface area contributed by atoms with Crippen LogP contribution in [-0.4, -0.2) is 231 Å². The summed E-state index contributed by atoms with van der Waals surface area (Å²) in [5.41, 5.74) is 4.04. The Hall–Kier alpha value is -12.2. The number of halogens is 2. The van der Waals surface area contributed by atoms with Crippen LogP contribution in [-0.2, 0) is 116 Å². The summed E-state index contributed by atoms with van der Waals surface area (Å²) < 4.78 is 62.3. The van der Waals surface area contributed by atoms with Gasteiger partial charge >= 0.3 is 18.0 Å². The second kappa shape index (κ2) is 36.4. The van der Waals surface area contributed by atoms with E-state index in [9.17, 15) is 63.0 Å². The molecule has 4 aromatic heterocycles. The standard InChI is InChI=1S/C91H107F2N15O18/c1-12-90(120)66-40-72-80-62(46-105(72)84(115)64(66)50-124-86(90)117)60(58-38-74(122-10)68(92)42-70(58)100-80)44-102-30-34-107(8,35-31-102)48-54-14-18-56(19-15-54)98-82(113)52(3)96-78(111)24-22-76(109)94-26-28-104(88(119)126-89(5,6)7)29-27-95-77(110)23-25-79(112)97-53(4)83(114)99-57-20-16-55(17-21-57)49-108(9)36-32-103(33-37-108)45-61-59-39-75(123-11)69(93)43-71(59)101-81-63(61)47-106-73(81)41-67-65(85(106)116)51-125-87(118)91(67,121)13-2/h14-21,38-43,52-53,120-121H,12-13,22-37,44-51H2,1-11H3,(H4-2,94,95,96,97,98,99,109,110,111,112,113,114)/p+2/t52-,53+,90-,91-/m0/s1. The van der Waals surface area contributed by atoms with E-state index >= 15 is 8.78 Å². The van der Waals surface area contributed by atoms with Crippen LogP contribution in [0.2, 0.25) is 0 Å². The smallest absolute Gasteiger partial charge is 0.410 e. The van der Waals surface area contributed by atoms with E-state index in [0.717, 1.165) is 59.6 Å². The van der Waals surface area contributed by atoms with Gasteiger partial charge in [-0.25, -0.2) is 33.1 Å². The second-order valence-corrected chi connectivity index (χ2v) is 35.2. The summed E-state index contributed by atoms with van der Waals surface area (Å²) in [4.78, 5) is 162. The van der Waals surface area contributed by atoms with Crippen LogP contribution >= 0.6 is 0 Å². The zero-order chi connectivity index (χ0) is 90.2. The minimum atomic E-state index is -2.01. The monoisotopic (exact) mass is 1740 g/mol. The van der Waals surface area contributed by atoms with Crippen molar-refractivity contribution < 1.29 is 94.8 Å². The molecule has 0 radical (unpaired) electrons. The lowest BCUT2D eigenvalue weighted by Crippen LogP contribution is -2.56. The lowest BCUT2D eigenvalue weighted by molar-refractivity contribution is -0.926. The molecule has 0 bridgehead atoms. The summed E-state index contributed by atoms with van der Waals surface area (Å²) in [6, 6.07) is 22.3. The van der Waals surface area contributed by atoms with Crippen LogP contribution in [0.1, 0.15) is 143 Å². The average molecular weight is 1740 g/mol. The number of pyridine rings is 4. The maximum atomic E-state index is 15.4. The van der Waals surface area contributed by atoms with E-state index in [1.807, 2.05) is 24.3 Å². The molecule has 7 amide bonds. The molecule has 2 fully saturated rings. The largest absolute Gasteiger partial charge is 0.494 e. The minimum absolute atomic E-state index is 0.00911. The first-order chi connectivity index (χ1) is 59.9. The van der Waals surface area contributed by atoms with Gasteiger partial charge in [0.1, 0.15) is 44.0 Å². The van der Waals surface area contributed by atoms with Crippen LogP contribution in [0, 0.1) is 11.6 Å². The molecule has 0 spiro atoms. The molecule has 668 valence electrons. The number of aliphatic hydroxyl groups is 2. The Kier molecular flexibility index (Phi) is 26.1. The number of cyclic esters (lactones) is 2. The van der Waals surface area contributed by atoms with E-state index in [1.165, 1.54) is 45.1 Å². The van der Waals surface area contributed by atoms with Crippen molar-refractivity contribution in [2.75, 3.05) is 117 Å². The van der Waals surface area contributed by atoms with E-state index in [0.29, 0.717) is 117 Å². The van der Waals surface area contributed by atoms with Crippen molar-refractivity contribution in [1.29, 1.82) is 0 Å². The molecule has 4 aromatic carbocycles. The predicted octanol–water partition coefficient (Wildman–Crippen LogP) is 6.31. The summed E-state index contributed by atoms with van der Waals surface area (Å²) in [5.74, 6) is -5.74. The molecule has 126 heavy (non-hydrogen) atoms. The van der Waals surface area contributed by atoms with Gasteiger partial charge in [0.25, 0.3) is 11.1 Å². The zero-order valence-electron chi connectivity index (χ0n) is 72.8. The maximum absolute atomic E-state index is 15.4. The van der Waals surface area contributed by atoms with Gasteiger partial charge in [-0.15, -0.1) is 0 Å². The number of fused-ring (bicyclic) bond motifs is 10. The van der Waals surface area contributed by atoms with Gasteiger partial charge in [0.15, 0.2) is 34.3 Å². The molecule has 14 rings (SSSR count). The topological polar surface area (TPSA) is 392 Å². The van der Waals surface area contributed by atoms with E-state index < -0.39 is 105 Å². The van der Waals surface area contributed by atoms with Crippen LogP contribution in [0.4, 0.5) is 25.0 Å². The number of nitrogens with one attached hydrogen (secondary N) is 6. The molecule has 33 nitrogen and oxygen atoms in total. The Labute approximate surface area is 726 Å². The third-order valence-electron chi connectivity index (χ3n) is 25.1. The lowest BCUT2D eigenvalue weighted by atomic mass is 9.86. The molecule has 0 unspecified atom stereocenters. The highest BCUT2D eigenvalue weighted by atomic mass is 19.1. The second-order valence-electron chi connectivity index (χ2n) is 35.2. The van der Waals surface area contributed by atoms with Gasteiger partial charge in [-0.1, -0.05) is 38.1 Å². The zero-order valence-corrected chi connectivity index (χ0v) is 72.8. The van der Waals surface area contributed by atoms with Crippen LogP contribution in [0.3, 0.4) is 0 Å². The molecule has 8 aromatic rings. The number of carbonyl (C=O) groups is 9. The number of carbonyl (C=O) groups excluding carboxylic acids is 9. The number of benzene rings is 4. The van der Waals surface area contributed by atoms with Crippen LogP contribution in [0.5, 0.6) is 11.5 Å². The third kappa shape index (κ3) is 19.0. The summed E-state index contributed by atoms with van der Waals surface area (Å²) in [7, 11) is 7.16. The number of ether oxygens (including phenoxy) is 5. The highest BCUT2D eigenvalue weighted by molar-refractivity contribution is 5.99. The number of likely N-dealkylation sites (N-methyl/N-ethyl adjacent to an activating group) is 2. The summed E-state index contributed by atoms with van der Waals surface area (Å²) in [6.07, 6.45) is -1.65. The van der Waals surface area contributed by atoms with Gasteiger partial charge in [-0.3, -0.25) is 48.2 Å². The maximum Gasteiger partial charge on any atom is 0.410 e. The van der Waals surface area contributed by atoms with Crippen molar-refractivity contribution in [1.82, 2.24) is 55.1 Å². The summed E-state index contributed by atoms with van der Waals surface area (Å²) >= 11 is 0. The highest BCUT2D eigenvalue weighted by Crippen LogP contribution is 2.45. The summed E-state index contributed by atoms with van der Waals surface area (Å²) in [5, 5.41) is 40.7. The number of rotatable bonds is 30. The first-order valence-electron chi connectivity index (χ1n) is 42.6. The molecule has 4 atom stereocenters. The molecular weight excluding hydrogens is 1630 g/mol.